The maximum atomic E-state index is 4.75. The lowest BCUT2D eigenvalue weighted by Gasteiger charge is -2.29. The second-order valence-corrected chi connectivity index (χ2v) is 6.71. The number of thiol groups is 1. The fourth-order valence-corrected chi connectivity index (χ4v) is 3.42. The molecule has 0 aromatic carbocycles. The van der Waals surface area contributed by atoms with E-state index < -0.39 is 0 Å². The predicted octanol–water partition coefficient (Wildman–Crippen LogP) is 3.51. The molecule has 0 unspecified atom stereocenters. The van der Waals surface area contributed by atoms with E-state index in [1.165, 1.54) is 64.2 Å². The lowest BCUT2D eigenvalue weighted by molar-refractivity contribution is 0.388. The topological polar surface area (TPSA) is 36.4 Å². The third-order valence-corrected chi connectivity index (χ3v) is 4.79. The van der Waals surface area contributed by atoms with Gasteiger partial charge in [0.2, 0.25) is 0 Å². The largest absolute Gasteiger partial charge is 0.354 e. The van der Waals surface area contributed by atoms with Gasteiger partial charge in [0.15, 0.2) is 5.96 Å². The number of rotatable bonds is 5. The molecule has 4 heteroatoms. The van der Waals surface area contributed by atoms with Crippen molar-refractivity contribution in [1.82, 2.24) is 10.6 Å². The van der Waals surface area contributed by atoms with Crippen molar-refractivity contribution in [1.29, 1.82) is 0 Å². The van der Waals surface area contributed by atoms with Crippen molar-refractivity contribution in [2.24, 2.45) is 4.99 Å². The number of hydrogen-bond donors (Lipinski definition) is 3. The van der Waals surface area contributed by atoms with Crippen LogP contribution in [0, 0.1) is 0 Å². The van der Waals surface area contributed by atoms with E-state index in [4.69, 9.17) is 4.99 Å². The number of hydrogen-bond acceptors (Lipinski definition) is 2. The molecule has 0 aliphatic heterocycles. The summed E-state index contributed by atoms with van der Waals surface area (Å²) in [6.07, 6.45) is 14.5. The molecule has 2 aliphatic carbocycles. The molecule has 116 valence electrons. The molecule has 0 amide bonds. The zero-order valence-corrected chi connectivity index (χ0v) is 13.6. The average molecular weight is 298 g/mol. The van der Waals surface area contributed by atoms with Gasteiger partial charge in [-0.05, 0) is 37.9 Å². The molecule has 20 heavy (non-hydrogen) atoms. The minimum absolute atomic E-state index is 0.634. The first-order valence-electron chi connectivity index (χ1n) is 8.57. The molecule has 0 bridgehead atoms. The van der Waals surface area contributed by atoms with Gasteiger partial charge in [-0.25, -0.2) is 0 Å². The van der Waals surface area contributed by atoms with Crippen LogP contribution in [0.25, 0.3) is 0 Å². The first-order chi connectivity index (χ1) is 9.88. The van der Waals surface area contributed by atoms with Crippen molar-refractivity contribution >= 4 is 18.6 Å². The molecule has 2 N–H and O–H groups in total. The quantitative estimate of drug-likeness (QED) is 0.314. The van der Waals surface area contributed by atoms with Crippen LogP contribution in [0.4, 0.5) is 0 Å². The Bertz CT molecular complexity index is 259. The highest BCUT2D eigenvalue weighted by Crippen LogP contribution is 2.19. The summed E-state index contributed by atoms with van der Waals surface area (Å²) >= 11 is 4.27. The van der Waals surface area contributed by atoms with Gasteiger partial charge in [-0.1, -0.05) is 38.5 Å². The summed E-state index contributed by atoms with van der Waals surface area (Å²) in [5, 5.41) is 7.35. The Morgan fingerprint density at radius 1 is 0.850 bits per heavy atom. The van der Waals surface area contributed by atoms with Gasteiger partial charge in [0.25, 0.3) is 0 Å². The highest BCUT2D eigenvalue weighted by atomic mass is 32.1. The molecule has 2 saturated carbocycles. The van der Waals surface area contributed by atoms with Crippen LogP contribution in [0.5, 0.6) is 0 Å². The Hall–Kier alpha value is -0.380. The van der Waals surface area contributed by atoms with Crippen molar-refractivity contribution in [3.05, 3.63) is 0 Å². The number of guanidine groups is 1. The Morgan fingerprint density at radius 3 is 1.80 bits per heavy atom. The Kier molecular flexibility index (Phi) is 7.63. The number of nitrogens with one attached hydrogen (secondary N) is 2. The van der Waals surface area contributed by atoms with Gasteiger partial charge in [-0.15, -0.1) is 0 Å². The molecule has 0 saturated heterocycles. The Labute approximate surface area is 129 Å². The molecule has 3 nitrogen and oxygen atoms in total. The fraction of sp³-hybridized carbons (Fsp3) is 0.938. The Morgan fingerprint density at radius 2 is 1.35 bits per heavy atom. The average Bonchev–Trinajstić information content (AvgIpc) is 2.49. The first kappa shape index (κ1) is 16.0. The van der Waals surface area contributed by atoms with E-state index in [0.717, 1.165) is 24.7 Å². The fourth-order valence-electron chi connectivity index (χ4n) is 3.28. The molecule has 0 spiro atoms. The molecule has 2 fully saturated rings. The van der Waals surface area contributed by atoms with Crippen LogP contribution in [0.2, 0.25) is 0 Å². The molecule has 2 rings (SSSR count). The van der Waals surface area contributed by atoms with E-state index in [9.17, 15) is 0 Å². The van der Waals surface area contributed by atoms with Gasteiger partial charge in [-0.2, -0.15) is 12.6 Å². The third-order valence-electron chi connectivity index (χ3n) is 4.48. The molecule has 0 atom stereocenters. The standard InChI is InChI=1S/C16H31N3S/c20-13-7-12-17-16(18-14-8-3-1-4-9-14)19-15-10-5-2-6-11-15/h14-15,20H,1-13H2,(H2,17,18,19). The molecule has 0 aromatic rings. The maximum absolute atomic E-state index is 4.75. The highest BCUT2D eigenvalue weighted by Gasteiger charge is 2.18. The summed E-state index contributed by atoms with van der Waals surface area (Å²) in [6, 6.07) is 1.27. The van der Waals surface area contributed by atoms with Crippen LogP contribution < -0.4 is 10.6 Å². The molecule has 0 heterocycles. The second-order valence-electron chi connectivity index (χ2n) is 6.27. The van der Waals surface area contributed by atoms with Gasteiger partial charge < -0.3 is 10.6 Å². The van der Waals surface area contributed by atoms with Crippen LogP contribution in [0.1, 0.15) is 70.6 Å². The minimum atomic E-state index is 0.634. The van der Waals surface area contributed by atoms with Crippen molar-refractivity contribution in [2.75, 3.05) is 12.3 Å². The lowest BCUT2D eigenvalue weighted by Crippen LogP contribution is -2.48. The van der Waals surface area contributed by atoms with Crippen LogP contribution in [0.3, 0.4) is 0 Å². The van der Waals surface area contributed by atoms with Crippen molar-refractivity contribution in [3.63, 3.8) is 0 Å². The summed E-state index contributed by atoms with van der Waals surface area (Å²) in [4.78, 5) is 4.75. The van der Waals surface area contributed by atoms with Crippen molar-refractivity contribution in [3.8, 4) is 0 Å². The van der Waals surface area contributed by atoms with E-state index in [2.05, 4.69) is 23.3 Å². The lowest BCUT2D eigenvalue weighted by atomic mass is 9.95. The summed E-state index contributed by atoms with van der Waals surface area (Å²) in [6.45, 7) is 0.887. The molecule has 2 aliphatic rings. The van der Waals surface area contributed by atoms with Gasteiger partial charge in [0, 0.05) is 18.6 Å². The third kappa shape index (κ3) is 5.94. The number of aliphatic imine (C=N–C) groups is 1. The molecule has 0 aromatic heterocycles. The summed E-state index contributed by atoms with van der Waals surface area (Å²) in [7, 11) is 0. The summed E-state index contributed by atoms with van der Waals surface area (Å²) in [5.74, 6) is 1.98. The molecule has 0 radical (unpaired) electrons. The van der Waals surface area contributed by atoms with Crippen LogP contribution >= 0.6 is 12.6 Å². The Balaban J connectivity index is 1.83. The minimum Gasteiger partial charge on any atom is -0.354 e. The predicted molar refractivity (Wildman–Crippen MR) is 90.8 cm³/mol. The summed E-state index contributed by atoms with van der Waals surface area (Å²) in [5.41, 5.74) is 0. The monoisotopic (exact) mass is 297 g/mol. The van der Waals surface area contributed by atoms with E-state index in [1.807, 2.05) is 0 Å². The number of nitrogens with zero attached hydrogens (tertiary/aromatic N) is 1. The van der Waals surface area contributed by atoms with Crippen LogP contribution in [-0.2, 0) is 0 Å². The van der Waals surface area contributed by atoms with Crippen molar-refractivity contribution in [2.45, 2.75) is 82.7 Å². The highest BCUT2D eigenvalue weighted by molar-refractivity contribution is 7.80. The van der Waals surface area contributed by atoms with Gasteiger partial charge >= 0.3 is 0 Å². The van der Waals surface area contributed by atoms with E-state index in [0.29, 0.717) is 12.1 Å². The summed E-state index contributed by atoms with van der Waals surface area (Å²) < 4.78 is 0. The van der Waals surface area contributed by atoms with Gasteiger partial charge in [0.1, 0.15) is 0 Å². The normalized spacial score (nSPS) is 21.4. The smallest absolute Gasteiger partial charge is 0.191 e. The SMILES string of the molecule is SCCCN=C(NC1CCCCC1)NC1CCCCC1. The van der Waals surface area contributed by atoms with Crippen LogP contribution in [0.15, 0.2) is 4.99 Å². The van der Waals surface area contributed by atoms with Gasteiger partial charge in [-0.3, -0.25) is 4.99 Å². The first-order valence-corrected chi connectivity index (χ1v) is 9.20. The van der Waals surface area contributed by atoms with Gasteiger partial charge in [0.05, 0.1) is 0 Å². The zero-order valence-electron chi connectivity index (χ0n) is 12.7. The van der Waals surface area contributed by atoms with E-state index >= 15 is 0 Å². The van der Waals surface area contributed by atoms with E-state index in [1.54, 1.807) is 0 Å². The zero-order chi connectivity index (χ0) is 14.0. The second kappa shape index (κ2) is 9.54. The van der Waals surface area contributed by atoms with Crippen LogP contribution in [-0.4, -0.2) is 30.3 Å². The molecular weight excluding hydrogens is 266 g/mol. The van der Waals surface area contributed by atoms with Crippen molar-refractivity contribution < 1.29 is 0 Å². The maximum Gasteiger partial charge on any atom is 0.191 e. The van der Waals surface area contributed by atoms with E-state index in [-0.39, 0.29) is 0 Å². The molecular formula is C16H31N3S.